The first kappa shape index (κ1) is 12.7. The van der Waals surface area contributed by atoms with Gasteiger partial charge in [0.05, 0.1) is 11.3 Å². The van der Waals surface area contributed by atoms with Crippen LogP contribution < -0.4 is 10.6 Å². The number of pyridine rings is 1. The number of nitrogens with zero attached hydrogens (tertiary/aromatic N) is 4. The standard InChI is InChI=1S/C13H19N5/c1-17(8-9-18-6-2-3-7-18)13-12(15)11(10-14)4-5-16-13/h4-5H,2-3,6-9,15H2,1H3. The predicted octanol–water partition coefficient (Wildman–Crippen LogP) is 1.07. The fourth-order valence-corrected chi connectivity index (χ4v) is 2.27. The zero-order valence-corrected chi connectivity index (χ0v) is 10.8. The van der Waals surface area contributed by atoms with E-state index in [1.165, 1.54) is 25.9 Å². The zero-order valence-electron chi connectivity index (χ0n) is 10.8. The Labute approximate surface area is 108 Å². The maximum atomic E-state index is 8.94. The average Bonchev–Trinajstić information content (AvgIpc) is 2.89. The van der Waals surface area contributed by atoms with Crippen LogP contribution in [0.2, 0.25) is 0 Å². The van der Waals surface area contributed by atoms with E-state index in [9.17, 15) is 0 Å². The molecule has 2 N–H and O–H groups in total. The fraction of sp³-hybridized carbons (Fsp3) is 0.538. The van der Waals surface area contributed by atoms with Crippen LogP contribution in [-0.2, 0) is 0 Å². The second-order valence-electron chi connectivity index (χ2n) is 4.68. The average molecular weight is 245 g/mol. The van der Waals surface area contributed by atoms with Crippen molar-refractivity contribution in [2.24, 2.45) is 0 Å². The summed E-state index contributed by atoms with van der Waals surface area (Å²) >= 11 is 0. The minimum absolute atomic E-state index is 0.476. The van der Waals surface area contributed by atoms with E-state index in [4.69, 9.17) is 11.0 Å². The van der Waals surface area contributed by atoms with Gasteiger partial charge in [-0.1, -0.05) is 0 Å². The molecule has 0 aliphatic carbocycles. The van der Waals surface area contributed by atoms with Crippen LogP contribution in [0.3, 0.4) is 0 Å². The van der Waals surface area contributed by atoms with Crippen molar-refractivity contribution in [1.82, 2.24) is 9.88 Å². The van der Waals surface area contributed by atoms with Crippen molar-refractivity contribution in [3.05, 3.63) is 17.8 Å². The van der Waals surface area contributed by atoms with Crippen molar-refractivity contribution in [2.45, 2.75) is 12.8 Å². The highest BCUT2D eigenvalue weighted by Gasteiger charge is 2.14. The Bertz CT molecular complexity index is 445. The molecule has 5 nitrogen and oxygen atoms in total. The number of nitrogens with two attached hydrogens (primary N) is 1. The van der Waals surface area contributed by atoms with E-state index in [0.29, 0.717) is 17.1 Å². The zero-order chi connectivity index (χ0) is 13.0. The Morgan fingerprint density at radius 2 is 2.22 bits per heavy atom. The third-order valence-electron chi connectivity index (χ3n) is 3.40. The topological polar surface area (TPSA) is 69.2 Å². The fourth-order valence-electron chi connectivity index (χ4n) is 2.27. The summed E-state index contributed by atoms with van der Waals surface area (Å²) in [5, 5.41) is 8.94. The van der Waals surface area contributed by atoms with Crippen LogP contribution in [0.15, 0.2) is 12.3 Å². The molecule has 1 aromatic heterocycles. The lowest BCUT2D eigenvalue weighted by Crippen LogP contribution is -2.32. The Hall–Kier alpha value is -1.80. The minimum Gasteiger partial charge on any atom is -0.395 e. The molecule has 0 spiro atoms. The quantitative estimate of drug-likeness (QED) is 0.859. The molecule has 96 valence electrons. The number of anilines is 2. The first-order valence-electron chi connectivity index (χ1n) is 6.30. The maximum absolute atomic E-state index is 8.94. The summed E-state index contributed by atoms with van der Waals surface area (Å²) in [6, 6.07) is 3.73. The molecular weight excluding hydrogens is 226 g/mol. The summed E-state index contributed by atoms with van der Waals surface area (Å²) in [6.07, 6.45) is 4.23. The first-order chi connectivity index (χ1) is 8.72. The lowest BCUT2D eigenvalue weighted by Gasteiger charge is -2.23. The van der Waals surface area contributed by atoms with Gasteiger partial charge in [0.2, 0.25) is 0 Å². The van der Waals surface area contributed by atoms with Gasteiger partial charge in [0.1, 0.15) is 6.07 Å². The summed E-state index contributed by atoms with van der Waals surface area (Å²) < 4.78 is 0. The van der Waals surface area contributed by atoms with Gasteiger partial charge in [-0.2, -0.15) is 5.26 Å². The molecule has 1 aliphatic rings. The second kappa shape index (κ2) is 5.69. The summed E-state index contributed by atoms with van der Waals surface area (Å²) in [5.74, 6) is 0.702. The molecule has 0 radical (unpaired) electrons. The highest BCUT2D eigenvalue weighted by Crippen LogP contribution is 2.22. The van der Waals surface area contributed by atoms with E-state index >= 15 is 0 Å². The third-order valence-corrected chi connectivity index (χ3v) is 3.40. The van der Waals surface area contributed by atoms with Gasteiger partial charge in [0, 0.05) is 26.3 Å². The molecule has 0 aromatic carbocycles. The molecule has 1 aromatic rings. The molecule has 5 heteroatoms. The Kier molecular flexibility index (Phi) is 4.00. The first-order valence-corrected chi connectivity index (χ1v) is 6.30. The van der Waals surface area contributed by atoms with E-state index in [0.717, 1.165) is 13.1 Å². The molecule has 0 saturated carbocycles. The van der Waals surface area contributed by atoms with Crippen LogP contribution in [0, 0.1) is 11.3 Å². The summed E-state index contributed by atoms with van der Waals surface area (Å²) in [5.41, 5.74) is 6.91. The Morgan fingerprint density at radius 3 is 2.89 bits per heavy atom. The molecule has 2 rings (SSSR count). The van der Waals surface area contributed by atoms with Crippen molar-refractivity contribution >= 4 is 11.5 Å². The Balaban J connectivity index is 2.00. The van der Waals surface area contributed by atoms with Crippen molar-refractivity contribution in [1.29, 1.82) is 5.26 Å². The third kappa shape index (κ3) is 2.71. The summed E-state index contributed by atoms with van der Waals surface area (Å²) in [6.45, 7) is 4.28. The van der Waals surface area contributed by atoms with E-state index in [1.54, 1.807) is 12.3 Å². The monoisotopic (exact) mass is 245 g/mol. The number of likely N-dealkylation sites (N-methyl/N-ethyl adjacent to an activating group) is 1. The molecule has 1 aliphatic heterocycles. The van der Waals surface area contributed by atoms with Crippen molar-refractivity contribution < 1.29 is 0 Å². The van der Waals surface area contributed by atoms with Crippen LogP contribution in [-0.4, -0.2) is 43.1 Å². The van der Waals surface area contributed by atoms with Crippen LogP contribution >= 0.6 is 0 Å². The van der Waals surface area contributed by atoms with Crippen LogP contribution in [0.1, 0.15) is 18.4 Å². The number of nitrogen functional groups attached to an aromatic ring is 1. The summed E-state index contributed by atoms with van der Waals surface area (Å²) in [7, 11) is 1.97. The number of rotatable bonds is 4. The normalized spacial score (nSPS) is 15.6. The molecule has 0 amide bonds. The molecule has 2 heterocycles. The number of nitriles is 1. The van der Waals surface area contributed by atoms with Crippen LogP contribution in [0.5, 0.6) is 0 Å². The van der Waals surface area contributed by atoms with Gasteiger partial charge in [0.15, 0.2) is 5.82 Å². The van der Waals surface area contributed by atoms with Gasteiger partial charge in [-0.3, -0.25) is 0 Å². The highest BCUT2D eigenvalue weighted by atomic mass is 15.2. The highest BCUT2D eigenvalue weighted by molar-refractivity contribution is 5.69. The molecular formula is C13H19N5. The number of likely N-dealkylation sites (tertiary alicyclic amines) is 1. The smallest absolute Gasteiger partial charge is 0.152 e. The largest absolute Gasteiger partial charge is 0.395 e. The van der Waals surface area contributed by atoms with E-state index in [1.807, 2.05) is 11.9 Å². The number of hydrogen-bond acceptors (Lipinski definition) is 5. The van der Waals surface area contributed by atoms with Crippen molar-refractivity contribution in [2.75, 3.05) is 43.9 Å². The second-order valence-corrected chi connectivity index (χ2v) is 4.68. The van der Waals surface area contributed by atoms with E-state index in [2.05, 4.69) is 16.0 Å². The van der Waals surface area contributed by atoms with Gasteiger partial charge in [0.25, 0.3) is 0 Å². The number of aromatic nitrogens is 1. The molecule has 1 saturated heterocycles. The molecule has 1 fully saturated rings. The van der Waals surface area contributed by atoms with Crippen LogP contribution in [0.25, 0.3) is 0 Å². The van der Waals surface area contributed by atoms with Gasteiger partial charge in [-0.05, 0) is 32.0 Å². The van der Waals surface area contributed by atoms with Gasteiger partial charge >= 0.3 is 0 Å². The van der Waals surface area contributed by atoms with Gasteiger partial charge in [-0.15, -0.1) is 0 Å². The van der Waals surface area contributed by atoms with E-state index in [-0.39, 0.29) is 0 Å². The molecule has 0 unspecified atom stereocenters. The SMILES string of the molecule is CN(CCN1CCCC1)c1nccc(C#N)c1N. The van der Waals surface area contributed by atoms with Gasteiger partial charge in [-0.25, -0.2) is 4.98 Å². The molecule has 0 atom stereocenters. The lowest BCUT2D eigenvalue weighted by molar-refractivity contribution is 0.346. The minimum atomic E-state index is 0.476. The summed E-state index contributed by atoms with van der Waals surface area (Å²) in [4.78, 5) is 8.73. The molecule has 18 heavy (non-hydrogen) atoms. The van der Waals surface area contributed by atoms with Crippen molar-refractivity contribution in [3.63, 3.8) is 0 Å². The number of hydrogen-bond donors (Lipinski definition) is 1. The van der Waals surface area contributed by atoms with E-state index < -0.39 is 0 Å². The predicted molar refractivity (Wildman–Crippen MR) is 72.3 cm³/mol. The molecule has 0 bridgehead atoms. The van der Waals surface area contributed by atoms with Gasteiger partial charge < -0.3 is 15.5 Å². The van der Waals surface area contributed by atoms with Crippen LogP contribution in [0.4, 0.5) is 11.5 Å². The Morgan fingerprint density at radius 1 is 1.50 bits per heavy atom. The van der Waals surface area contributed by atoms with Crippen molar-refractivity contribution in [3.8, 4) is 6.07 Å². The maximum Gasteiger partial charge on any atom is 0.152 e. The lowest BCUT2D eigenvalue weighted by atomic mass is 10.2.